The van der Waals surface area contributed by atoms with E-state index in [4.69, 9.17) is 19.7 Å². The van der Waals surface area contributed by atoms with E-state index in [1.54, 1.807) is 7.11 Å². The summed E-state index contributed by atoms with van der Waals surface area (Å²) in [4.78, 5) is 16.2. The normalized spacial score (nSPS) is 11.0. The number of pyridine rings is 1. The van der Waals surface area contributed by atoms with Crippen molar-refractivity contribution in [2.75, 3.05) is 31.4 Å². The molecule has 1 N–H and O–H groups in total. The van der Waals surface area contributed by atoms with E-state index < -0.39 is 0 Å². The molecule has 0 aliphatic heterocycles. The highest BCUT2D eigenvalue weighted by Crippen LogP contribution is 2.33. The largest absolute Gasteiger partial charge is 0.478 e. The average molecular weight is 358 g/mol. The second kappa shape index (κ2) is 8.34. The number of ether oxygens (including phenoxy) is 1. The zero-order chi connectivity index (χ0) is 19.4. The smallest absolute Gasteiger partial charge is 0.257 e. The molecule has 2 aromatic rings. The van der Waals surface area contributed by atoms with Crippen LogP contribution in [-0.4, -0.2) is 42.2 Å². The molecule has 0 fully saturated rings. The first-order valence-corrected chi connectivity index (χ1v) is 9.17. The molecule has 2 rings (SSSR count). The summed E-state index contributed by atoms with van der Waals surface area (Å²) in [7, 11) is 5.62. The predicted octanol–water partition coefficient (Wildman–Crippen LogP) is 4.14. The van der Waals surface area contributed by atoms with Crippen molar-refractivity contribution < 1.29 is 4.74 Å². The van der Waals surface area contributed by atoms with Gasteiger partial charge in [0.25, 0.3) is 5.88 Å². The van der Waals surface area contributed by atoms with Gasteiger partial charge in [-0.25, -0.2) is 15.0 Å². The third kappa shape index (κ3) is 4.06. The molecule has 0 aliphatic rings. The topological polar surface area (TPSA) is 63.2 Å². The lowest BCUT2D eigenvalue weighted by molar-refractivity contribution is 0.397. The molecule has 0 saturated carbocycles. The Morgan fingerprint density at radius 3 is 2.19 bits per heavy atom. The van der Waals surface area contributed by atoms with Gasteiger partial charge in [0.15, 0.2) is 5.82 Å². The average Bonchev–Trinajstić information content (AvgIpc) is 2.60. The zero-order valence-electron chi connectivity index (χ0n) is 17.3. The number of hydrogen-bond acceptors (Lipinski definition) is 6. The van der Waals surface area contributed by atoms with Crippen LogP contribution in [0.3, 0.4) is 0 Å². The number of aromatic nitrogens is 3. The van der Waals surface area contributed by atoms with Crippen LogP contribution >= 0.6 is 0 Å². The SMILES string of the molecule is CCC(CC)Nc1nc(C)c(-c2c(C)cc(N(C)C)nc2C)nc1OC. The first-order valence-electron chi connectivity index (χ1n) is 9.17. The van der Waals surface area contributed by atoms with Crippen LogP contribution in [0.1, 0.15) is 43.6 Å². The summed E-state index contributed by atoms with van der Waals surface area (Å²) in [6.45, 7) is 10.4. The lowest BCUT2D eigenvalue weighted by Gasteiger charge is -2.20. The van der Waals surface area contributed by atoms with Gasteiger partial charge < -0.3 is 15.0 Å². The van der Waals surface area contributed by atoms with Crippen molar-refractivity contribution in [1.82, 2.24) is 15.0 Å². The van der Waals surface area contributed by atoms with Crippen LogP contribution in [0.2, 0.25) is 0 Å². The fraction of sp³-hybridized carbons (Fsp3) is 0.550. The fourth-order valence-corrected chi connectivity index (χ4v) is 3.06. The molecule has 0 unspecified atom stereocenters. The molecule has 6 nitrogen and oxygen atoms in total. The van der Waals surface area contributed by atoms with Crippen LogP contribution in [0.15, 0.2) is 6.07 Å². The minimum atomic E-state index is 0.355. The van der Waals surface area contributed by atoms with Crippen LogP contribution in [0.5, 0.6) is 5.88 Å². The first-order chi connectivity index (χ1) is 12.3. The number of aryl methyl sites for hydroxylation is 3. The molecule has 6 heteroatoms. The highest BCUT2D eigenvalue weighted by molar-refractivity contribution is 5.71. The molecule has 142 valence electrons. The van der Waals surface area contributed by atoms with Crippen molar-refractivity contribution in [2.24, 2.45) is 0 Å². The lowest BCUT2D eigenvalue weighted by atomic mass is 10.0. The van der Waals surface area contributed by atoms with Crippen molar-refractivity contribution in [2.45, 2.75) is 53.5 Å². The Morgan fingerprint density at radius 2 is 1.69 bits per heavy atom. The molecule has 2 heterocycles. The summed E-state index contributed by atoms with van der Waals surface area (Å²) in [5.41, 5.74) is 4.78. The molecule has 0 atom stereocenters. The number of nitrogens with one attached hydrogen (secondary N) is 1. The van der Waals surface area contributed by atoms with Gasteiger partial charge in [0.05, 0.1) is 18.5 Å². The van der Waals surface area contributed by atoms with Crippen molar-refractivity contribution in [3.8, 4) is 17.1 Å². The molecule has 0 saturated heterocycles. The van der Waals surface area contributed by atoms with E-state index in [0.29, 0.717) is 17.7 Å². The summed E-state index contributed by atoms with van der Waals surface area (Å²) in [6, 6.07) is 2.43. The van der Waals surface area contributed by atoms with Gasteiger partial charge in [-0.1, -0.05) is 13.8 Å². The van der Waals surface area contributed by atoms with Gasteiger partial charge >= 0.3 is 0 Å². The van der Waals surface area contributed by atoms with E-state index in [1.165, 1.54) is 0 Å². The Kier molecular flexibility index (Phi) is 6.40. The molecule has 2 aromatic heterocycles. The molecule has 0 aromatic carbocycles. The van der Waals surface area contributed by atoms with E-state index >= 15 is 0 Å². The Bertz CT molecular complexity index is 746. The van der Waals surface area contributed by atoms with Gasteiger partial charge in [-0.2, -0.15) is 0 Å². The van der Waals surface area contributed by atoms with Crippen LogP contribution in [-0.2, 0) is 0 Å². The maximum atomic E-state index is 5.53. The van der Waals surface area contributed by atoms with E-state index in [-0.39, 0.29) is 0 Å². The Morgan fingerprint density at radius 1 is 1.04 bits per heavy atom. The van der Waals surface area contributed by atoms with Crippen molar-refractivity contribution in [1.29, 1.82) is 0 Å². The number of methoxy groups -OCH3 is 1. The summed E-state index contributed by atoms with van der Waals surface area (Å²) in [5, 5.41) is 3.45. The zero-order valence-corrected chi connectivity index (χ0v) is 17.3. The van der Waals surface area contributed by atoms with Crippen molar-refractivity contribution >= 4 is 11.6 Å². The molecule has 26 heavy (non-hydrogen) atoms. The number of hydrogen-bond donors (Lipinski definition) is 1. The van der Waals surface area contributed by atoms with E-state index in [9.17, 15) is 0 Å². The van der Waals surface area contributed by atoms with E-state index in [1.807, 2.05) is 32.8 Å². The Hall–Kier alpha value is -2.37. The fourth-order valence-electron chi connectivity index (χ4n) is 3.06. The van der Waals surface area contributed by atoms with Gasteiger partial charge in [-0.15, -0.1) is 0 Å². The number of nitrogens with zero attached hydrogens (tertiary/aromatic N) is 4. The van der Waals surface area contributed by atoms with Gasteiger partial charge in [-0.05, 0) is 45.2 Å². The summed E-state index contributed by atoms with van der Waals surface area (Å²) >= 11 is 0. The Balaban J connectivity index is 2.55. The van der Waals surface area contributed by atoms with Gasteiger partial charge in [0.1, 0.15) is 5.82 Å². The maximum absolute atomic E-state index is 5.53. The summed E-state index contributed by atoms with van der Waals surface area (Å²) < 4.78 is 5.53. The molecule has 0 amide bonds. The van der Waals surface area contributed by atoms with Crippen LogP contribution in [0.4, 0.5) is 11.6 Å². The van der Waals surface area contributed by atoms with Crippen molar-refractivity contribution in [3.05, 3.63) is 23.0 Å². The van der Waals surface area contributed by atoms with Gasteiger partial charge in [-0.3, -0.25) is 0 Å². The van der Waals surface area contributed by atoms with Crippen LogP contribution in [0, 0.1) is 20.8 Å². The first kappa shape index (κ1) is 19.9. The predicted molar refractivity (Wildman–Crippen MR) is 108 cm³/mol. The van der Waals surface area contributed by atoms with E-state index in [2.05, 4.69) is 32.2 Å². The van der Waals surface area contributed by atoms with Gasteiger partial charge in [0, 0.05) is 31.4 Å². The molecule has 0 bridgehead atoms. The maximum Gasteiger partial charge on any atom is 0.257 e. The second-order valence-corrected chi connectivity index (χ2v) is 6.83. The minimum absolute atomic E-state index is 0.355. The highest BCUT2D eigenvalue weighted by Gasteiger charge is 2.19. The molecule has 0 radical (unpaired) electrons. The summed E-state index contributed by atoms with van der Waals surface area (Å²) in [6.07, 6.45) is 2.05. The number of rotatable bonds is 7. The van der Waals surface area contributed by atoms with Crippen LogP contribution < -0.4 is 15.0 Å². The minimum Gasteiger partial charge on any atom is -0.478 e. The summed E-state index contributed by atoms with van der Waals surface area (Å²) in [5.74, 6) is 2.16. The molecule has 0 aliphatic carbocycles. The third-order valence-electron chi connectivity index (χ3n) is 4.64. The lowest BCUT2D eigenvalue weighted by Crippen LogP contribution is -2.19. The highest BCUT2D eigenvalue weighted by atomic mass is 16.5. The number of anilines is 2. The Labute approximate surface area is 157 Å². The standard InChI is InChI=1S/C20H31N5O/c1-9-15(10-2)23-19-20(26-8)24-18(14(5)22-19)17-12(3)11-16(25(6)7)21-13(17)4/h11,15H,9-10H2,1-8H3,(H,22,23). The molecular weight excluding hydrogens is 326 g/mol. The van der Waals surface area contributed by atoms with Gasteiger partial charge in [0.2, 0.25) is 0 Å². The van der Waals surface area contributed by atoms with Crippen LogP contribution in [0.25, 0.3) is 11.3 Å². The quantitative estimate of drug-likeness (QED) is 0.803. The molecule has 0 spiro atoms. The van der Waals surface area contributed by atoms with Crippen molar-refractivity contribution in [3.63, 3.8) is 0 Å². The monoisotopic (exact) mass is 357 g/mol. The third-order valence-corrected chi connectivity index (χ3v) is 4.64. The van der Waals surface area contributed by atoms with E-state index in [0.717, 1.165) is 46.9 Å². The second-order valence-electron chi connectivity index (χ2n) is 6.83. The molecular formula is C20H31N5O.